The molecular formula is C13H10N2S. The molecule has 3 heteroatoms. The van der Waals surface area contributed by atoms with Gasteiger partial charge in [-0.2, -0.15) is 5.10 Å². The highest BCUT2D eigenvalue weighted by Crippen LogP contribution is 2.24. The Hall–Kier alpha value is -1.87. The van der Waals surface area contributed by atoms with Crippen LogP contribution < -0.4 is 0 Å². The van der Waals surface area contributed by atoms with Crippen molar-refractivity contribution in [3.63, 3.8) is 0 Å². The van der Waals surface area contributed by atoms with E-state index in [1.54, 1.807) is 11.3 Å². The maximum atomic E-state index is 4.37. The number of benzene rings is 1. The first-order chi connectivity index (χ1) is 7.93. The fourth-order valence-electron chi connectivity index (χ4n) is 1.61. The molecule has 2 heterocycles. The van der Waals surface area contributed by atoms with Gasteiger partial charge >= 0.3 is 0 Å². The summed E-state index contributed by atoms with van der Waals surface area (Å²) >= 11 is 1.73. The molecule has 0 aliphatic rings. The van der Waals surface area contributed by atoms with Crippen LogP contribution in [0.25, 0.3) is 16.1 Å². The number of thiophene rings is 1. The normalized spacial score (nSPS) is 10.5. The van der Waals surface area contributed by atoms with Crippen molar-refractivity contribution >= 4 is 11.3 Å². The van der Waals surface area contributed by atoms with Crippen LogP contribution in [0.4, 0.5) is 0 Å². The molecule has 0 unspecified atom stereocenters. The van der Waals surface area contributed by atoms with Crippen LogP contribution in [0.5, 0.6) is 0 Å². The Labute approximate surface area is 97.8 Å². The van der Waals surface area contributed by atoms with Gasteiger partial charge in [-0.25, -0.2) is 4.68 Å². The summed E-state index contributed by atoms with van der Waals surface area (Å²) in [5, 5.41) is 6.44. The summed E-state index contributed by atoms with van der Waals surface area (Å²) in [5.41, 5.74) is 2.25. The molecule has 3 rings (SSSR count). The van der Waals surface area contributed by atoms with Gasteiger partial charge in [-0.15, -0.1) is 11.3 Å². The van der Waals surface area contributed by atoms with Crippen molar-refractivity contribution in [2.75, 3.05) is 0 Å². The molecule has 2 nitrogen and oxygen atoms in total. The first-order valence-corrected chi connectivity index (χ1v) is 5.95. The van der Waals surface area contributed by atoms with Crippen molar-refractivity contribution in [2.45, 2.75) is 0 Å². The molecule has 0 fully saturated rings. The quantitative estimate of drug-likeness (QED) is 0.652. The van der Waals surface area contributed by atoms with Crippen molar-refractivity contribution in [1.82, 2.24) is 9.78 Å². The highest BCUT2D eigenvalue weighted by molar-refractivity contribution is 7.13. The molecule has 0 radical (unpaired) electrons. The summed E-state index contributed by atoms with van der Waals surface area (Å²) < 4.78 is 1.90. The molecule has 0 atom stereocenters. The molecule has 0 aliphatic carbocycles. The van der Waals surface area contributed by atoms with Crippen LogP contribution in [0, 0.1) is 0 Å². The number of nitrogens with zero attached hydrogens (tertiary/aromatic N) is 2. The van der Waals surface area contributed by atoms with Crippen molar-refractivity contribution < 1.29 is 0 Å². The van der Waals surface area contributed by atoms with Crippen LogP contribution in [0.3, 0.4) is 0 Å². The first kappa shape index (κ1) is 9.36. The molecule has 0 amide bonds. The van der Waals surface area contributed by atoms with Gasteiger partial charge in [-0.1, -0.05) is 24.3 Å². The summed E-state index contributed by atoms with van der Waals surface area (Å²) in [6.07, 6.45) is 3.96. The third-order valence-corrected chi connectivity index (χ3v) is 3.33. The Balaban J connectivity index is 2.00. The van der Waals surface area contributed by atoms with E-state index in [1.807, 2.05) is 41.2 Å². The third kappa shape index (κ3) is 1.66. The average Bonchev–Trinajstić information content (AvgIpc) is 3.01. The smallest absolute Gasteiger partial charge is 0.0645 e. The molecule has 0 spiro atoms. The maximum absolute atomic E-state index is 4.37. The molecule has 2 aromatic heterocycles. The predicted molar refractivity (Wildman–Crippen MR) is 66.9 cm³/mol. The zero-order chi connectivity index (χ0) is 10.8. The molecule has 3 aromatic rings. The van der Waals surface area contributed by atoms with E-state index >= 15 is 0 Å². The van der Waals surface area contributed by atoms with Gasteiger partial charge in [0.25, 0.3) is 0 Å². The Morgan fingerprint density at radius 3 is 2.62 bits per heavy atom. The van der Waals surface area contributed by atoms with Crippen molar-refractivity contribution in [3.05, 3.63) is 60.2 Å². The van der Waals surface area contributed by atoms with Gasteiger partial charge in [0, 0.05) is 16.6 Å². The minimum Gasteiger partial charge on any atom is -0.240 e. The molecule has 16 heavy (non-hydrogen) atoms. The van der Waals surface area contributed by atoms with Crippen LogP contribution in [0.15, 0.2) is 60.2 Å². The minimum atomic E-state index is 1.09. The Bertz CT molecular complexity index is 567. The minimum absolute atomic E-state index is 1.09. The molecule has 1 aromatic carbocycles. The molecule has 0 aliphatic heterocycles. The zero-order valence-electron chi connectivity index (χ0n) is 8.58. The van der Waals surface area contributed by atoms with E-state index in [0.717, 1.165) is 5.69 Å². The predicted octanol–water partition coefficient (Wildman–Crippen LogP) is 3.60. The topological polar surface area (TPSA) is 17.8 Å². The van der Waals surface area contributed by atoms with Gasteiger partial charge in [-0.3, -0.25) is 0 Å². The largest absolute Gasteiger partial charge is 0.240 e. The Morgan fingerprint density at radius 2 is 1.88 bits per heavy atom. The summed E-state index contributed by atoms with van der Waals surface area (Å²) in [5.74, 6) is 0. The second-order valence-electron chi connectivity index (χ2n) is 3.49. The van der Waals surface area contributed by atoms with E-state index in [-0.39, 0.29) is 0 Å². The Morgan fingerprint density at radius 1 is 1.00 bits per heavy atom. The molecule has 78 valence electrons. The van der Waals surface area contributed by atoms with Crippen LogP contribution >= 0.6 is 11.3 Å². The first-order valence-electron chi connectivity index (χ1n) is 5.07. The number of aromatic nitrogens is 2. The molecule has 0 saturated heterocycles. The lowest BCUT2D eigenvalue weighted by atomic mass is 10.3. The number of rotatable bonds is 2. The molecular weight excluding hydrogens is 216 g/mol. The SMILES string of the molecule is c1ccc(-n2cc(-c3cccs3)cn2)cc1. The number of para-hydroxylation sites is 1. The van der Waals surface area contributed by atoms with E-state index in [4.69, 9.17) is 0 Å². The maximum Gasteiger partial charge on any atom is 0.0645 e. The number of hydrogen-bond donors (Lipinski definition) is 0. The lowest BCUT2D eigenvalue weighted by molar-refractivity contribution is 0.881. The van der Waals surface area contributed by atoms with Gasteiger partial charge in [0.15, 0.2) is 0 Å². The van der Waals surface area contributed by atoms with Gasteiger partial charge in [0.05, 0.1) is 11.9 Å². The number of hydrogen-bond acceptors (Lipinski definition) is 2. The van der Waals surface area contributed by atoms with Crippen LogP contribution in [0.2, 0.25) is 0 Å². The fraction of sp³-hybridized carbons (Fsp3) is 0. The average molecular weight is 226 g/mol. The van der Waals surface area contributed by atoms with Crippen LogP contribution in [-0.4, -0.2) is 9.78 Å². The standard InChI is InChI=1S/C13H10N2S/c1-2-5-12(6-3-1)15-10-11(9-14-15)13-7-4-8-16-13/h1-10H. The Kier molecular flexibility index (Phi) is 2.31. The van der Waals surface area contributed by atoms with Gasteiger partial charge in [0.2, 0.25) is 0 Å². The van der Waals surface area contributed by atoms with E-state index < -0.39 is 0 Å². The lowest BCUT2D eigenvalue weighted by Gasteiger charge is -1.98. The summed E-state index contributed by atoms with van der Waals surface area (Å²) in [4.78, 5) is 1.25. The van der Waals surface area contributed by atoms with E-state index in [1.165, 1.54) is 10.4 Å². The highest BCUT2D eigenvalue weighted by atomic mass is 32.1. The van der Waals surface area contributed by atoms with Crippen LogP contribution in [-0.2, 0) is 0 Å². The molecule has 0 bridgehead atoms. The van der Waals surface area contributed by atoms with E-state index in [2.05, 4.69) is 28.8 Å². The summed E-state index contributed by atoms with van der Waals surface area (Å²) in [6.45, 7) is 0. The fourth-order valence-corrected chi connectivity index (χ4v) is 2.32. The monoisotopic (exact) mass is 226 g/mol. The van der Waals surface area contributed by atoms with E-state index in [9.17, 15) is 0 Å². The van der Waals surface area contributed by atoms with Crippen molar-refractivity contribution in [3.8, 4) is 16.1 Å². The van der Waals surface area contributed by atoms with E-state index in [0.29, 0.717) is 0 Å². The zero-order valence-corrected chi connectivity index (χ0v) is 9.39. The summed E-state index contributed by atoms with van der Waals surface area (Å²) in [6, 6.07) is 14.3. The van der Waals surface area contributed by atoms with Crippen LogP contribution in [0.1, 0.15) is 0 Å². The second-order valence-corrected chi connectivity index (χ2v) is 4.43. The highest BCUT2D eigenvalue weighted by Gasteiger charge is 2.03. The van der Waals surface area contributed by atoms with Crippen molar-refractivity contribution in [1.29, 1.82) is 0 Å². The van der Waals surface area contributed by atoms with Gasteiger partial charge in [-0.05, 0) is 23.6 Å². The second kappa shape index (κ2) is 3.94. The molecule has 0 saturated carbocycles. The summed E-state index contributed by atoms with van der Waals surface area (Å²) in [7, 11) is 0. The van der Waals surface area contributed by atoms with Crippen molar-refractivity contribution in [2.24, 2.45) is 0 Å². The third-order valence-electron chi connectivity index (χ3n) is 2.41. The molecule has 0 N–H and O–H groups in total. The van der Waals surface area contributed by atoms with Gasteiger partial charge < -0.3 is 0 Å². The van der Waals surface area contributed by atoms with Gasteiger partial charge in [0.1, 0.15) is 0 Å². The lowest BCUT2D eigenvalue weighted by Crippen LogP contribution is -1.92.